The molecule has 0 aliphatic carbocycles. The average molecular weight is 264 g/mol. The van der Waals surface area contributed by atoms with Crippen LogP contribution in [0.25, 0.3) is 10.1 Å². The van der Waals surface area contributed by atoms with Gasteiger partial charge in [-0.15, -0.1) is 11.3 Å². The number of hydrogen-bond acceptors (Lipinski definition) is 3. The lowest BCUT2D eigenvalue weighted by atomic mass is 10.1. The third-order valence-electron chi connectivity index (χ3n) is 3.62. The van der Waals surface area contributed by atoms with Crippen molar-refractivity contribution < 1.29 is 4.39 Å². The highest BCUT2D eigenvalue weighted by atomic mass is 32.1. The fraction of sp³-hybridized carbons (Fsp3) is 0.429. The van der Waals surface area contributed by atoms with E-state index in [0.717, 1.165) is 42.8 Å². The van der Waals surface area contributed by atoms with E-state index < -0.39 is 0 Å². The molecule has 0 atom stereocenters. The smallest absolute Gasteiger partial charge is 0.140 e. The van der Waals surface area contributed by atoms with Crippen LogP contribution in [0.4, 0.5) is 4.39 Å². The third kappa shape index (κ3) is 2.28. The molecule has 18 heavy (non-hydrogen) atoms. The number of halogens is 1. The van der Waals surface area contributed by atoms with E-state index in [0.29, 0.717) is 0 Å². The van der Waals surface area contributed by atoms with Gasteiger partial charge in [-0.2, -0.15) is 0 Å². The minimum absolute atomic E-state index is 0.0953. The van der Waals surface area contributed by atoms with Gasteiger partial charge in [0.1, 0.15) is 5.82 Å². The molecule has 1 fully saturated rings. The molecule has 1 saturated heterocycles. The van der Waals surface area contributed by atoms with E-state index in [-0.39, 0.29) is 5.82 Å². The molecule has 96 valence electrons. The summed E-state index contributed by atoms with van der Waals surface area (Å²) in [6.07, 6.45) is 0. The zero-order valence-corrected chi connectivity index (χ0v) is 11.3. The van der Waals surface area contributed by atoms with E-state index in [2.05, 4.69) is 22.2 Å². The standard InChI is InChI=1S/C14H17FN2S/c1-16-5-7-17(8-6-16)9-11-10-18-14-12(11)3-2-4-13(14)15/h2-4,10H,5-9H2,1H3. The van der Waals surface area contributed by atoms with E-state index in [1.165, 1.54) is 16.9 Å². The van der Waals surface area contributed by atoms with Crippen LogP contribution in [0.2, 0.25) is 0 Å². The molecule has 0 unspecified atom stereocenters. The Labute approximate surface area is 111 Å². The Morgan fingerprint density at radius 3 is 2.78 bits per heavy atom. The van der Waals surface area contributed by atoms with Crippen molar-refractivity contribution in [1.29, 1.82) is 0 Å². The van der Waals surface area contributed by atoms with Crippen LogP contribution in [-0.2, 0) is 6.54 Å². The Kier molecular flexibility index (Phi) is 3.33. The maximum absolute atomic E-state index is 13.6. The molecule has 4 heteroatoms. The van der Waals surface area contributed by atoms with E-state index in [1.807, 2.05) is 6.07 Å². The summed E-state index contributed by atoms with van der Waals surface area (Å²) in [6.45, 7) is 5.39. The normalized spacial score (nSPS) is 18.6. The first kappa shape index (κ1) is 12.1. The Bertz CT molecular complexity index is 544. The maximum Gasteiger partial charge on any atom is 0.140 e. The Morgan fingerprint density at radius 1 is 1.22 bits per heavy atom. The molecule has 0 spiro atoms. The lowest BCUT2D eigenvalue weighted by Crippen LogP contribution is -2.43. The monoisotopic (exact) mass is 264 g/mol. The second-order valence-electron chi connectivity index (χ2n) is 4.96. The van der Waals surface area contributed by atoms with E-state index in [1.54, 1.807) is 12.1 Å². The molecule has 2 aromatic rings. The van der Waals surface area contributed by atoms with Crippen LogP contribution < -0.4 is 0 Å². The topological polar surface area (TPSA) is 6.48 Å². The number of rotatable bonds is 2. The zero-order valence-electron chi connectivity index (χ0n) is 10.5. The fourth-order valence-corrected chi connectivity index (χ4v) is 3.41. The molecule has 3 rings (SSSR count). The molecule has 0 radical (unpaired) electrons. The van der Waals surface area contributed by atoms with Gasteiger partial charge in [0.15, 0.2) is 0 Å². The number of likely N-dealkylation sites (N-methyl/N-ethyl adjacent to an activating group) is 1. The third-order valence-corrected chi connectivity index (χ3v) is 4.67. The number of piperazine rings is 1. The summed E-state index contributed by atoms with van der Waals surface area (Å²) in [5, 5.41) is 3.19. The zero-order chi connectivity index (χ0) is 12.5. The molecule has 1 aliphatic rings. The Balaban J connectivity index is 1.81. The van der Waals surface area contributed by atoms with Crippen molar-refractivity contribution in [3.8, 4) is 0 Å². The first-order chi connectivity index (χ1) is 8.74. The highest BCUT2D eigenvalue weighted by molar-refractivity contribution is 7.17. The number of fused-ring (bicyclic) bond motifs is 1. The van der Waals surface area contributed by atoms with Gasteiger partial charge in [-0.25, -0.2) is 4.39 Å². The van der Waals surface area contributed by atoms with Crippen LogP contribution in [0.3, 0.4) is 0 Å². The van der Waals surface area contributed by atoms with Crippen LogP contribution in [0.5, 0.6) is 0 Å². The average Bonchev–Trinajstić information content (AvgIpc) is 2.77. The summed E-state index contributed by atoms with van der Waals surface area (Å²) in [5.74, 6) is -0.0953. The molecular weight excluding hydrogens is 247 g/mol. The SMILES string of the molecule is CN1CCN(Cc2csc3c(F)cccc23)CC1. The van der Waals surface area contributed by atoms with Gasteiger partial charge in [0.05, 0.1) is 4.70 Å². The molecule has 2 heterocycles. The van der Waals surface area contributed by atoms with Gasteiger partial charge < -0.3 is 4.90 Å². The predicted octanol–water partition coefficient (Wildman–Crippen LogP) is 2.79. The number of benzene rings is 1. The lowest BCUT2D eigenvalue weighted by molar-refractivity contribution is 0.148. The quantitative estimate of drug-likeness (QED) is 0.823. The van der Waals surface area contributed by atoms with Crippen molar-refractivity contribution in [1.82, 2.24) is 9.80 Å². The summed E-state index contributed by atoms with van der Waals surface area (Å²) in [4.78, 5) is 4.80. The van der Waals surface area contributed by atoms with Gasteiger partial charge in [0.25, 0.3) is 0 Å². The first-order valence-corrected chi connectivity index (χ1v) is 7.17. The molecule has 0 saturated carbocycles. The summed E-state index contributed by atoms with van der Waals surface area (Å²) in [6, 6.07) is 5.37. The Hall–Kier alpha value is -0.970. The van der Waals surface area contributed by atoms with Crippen molar-refractivity contribution in [2.24, 2.45) is 0 Å². The van der Waals surface area contributed by atoms with Crippen LogP contribution in [0.1, 0.15) is 5.56 Å². The number of hydrogen-bond donors (Lipinski definition) is 0. The maximum atomic E-state index is 13.6. The summed E-state index contributed by atoms with van der Waals surface area (Å²) < 4.78 is 14.4. The predicted molar refractivity (Wildman–Crippen MR) is 74.6 cm³/mol. The largest absolute Gasteiger partial charge is 0.304 e. The molecule has 1 aromatic carbocycles. The molecular formula is C14H17FN2S. The Morgan fingerprint density at radius 2 is 2.00 bits per heavy atom. The van der Waals surface area contributed by atoms with Gasteiger partial charge in [-0.1, -0.05) is 12.1 Å². The van der Waals surface area contributed by atoms with Crippen molar-refractivity contribution in [3.05, 3.63) is 35.0 Å². The van der Waals surface area contributed by atoms with Crippen molar-refractivity contribution in [2.75, 3.05) is 33.2 Å². The van der Waals surface area contributed by atoms with E-state index >= 15 is 0 Å². The highest BCUT2D eigenvalue weighted by Gasteiger charge is 2.16. The molecule has 0 bridgehead atoms. The minimum atomic E-state index is -0.0953. The van der Waals surface area contributed by atoms with Crippen LogP contribution in [-0.4, -0.2) is 43.0 Å². The number of nitrogens with zero attached hydrogens (tertiary/aromatic N) is 2. The second kappa shape index (κ2) is 4.96. The minimum Gasteiger partial charge on any atom is -0.304 e. The fourth-order valence-electron chi connectivity index (χ4n) is 2.44. The molecule has 0 N–H and O–H groups in total. The summed E-state index contributed by atoms with van der Waals surface area (Å²) >= 11 is 1.52. The van der Waals surface area contributed by atoms with Gasteiger partial charge in [-0.3, -0.25) is 4.90 Å². The van der Waals surface area contributed by atoms with Gasteiger partial charge >= 0.3 is 0 Å². The molecule has 1 aromatic heterocycles. The van der Waals surface area contributed by atoms with Gasteiger partial charge in [0, 0.05) is 32.7 Å². The second-order valence-corrected chi connectivity index (χ2v) is 5.84. The van der Waals surface area contributed by atoms with Crippen LogP contribution in [0, 0.1) is 5.82 Å². The van der Waals surface area contributed by atoms with Crippen molar-refractivity contribution >= 4 is 21.4 Å². The van der Waals surface area contributed by atoms with E-state index in [4.69, 9.17) is 0 Å². The highest BCUT2D eigenvalue weighted by Crippen LogP contribution is 2.29. The van der Waals surface area contributed by atoms with Crippen LogP contribution in [0.15, 0.2) is 23.6 Å². The van der Waals surface area contributed by atoms with Gasteiger partial charge in [0.2, 0.25) is 0 Å². The lowest BCUT2D eigenvalue weighted by Gasteiger charge is -2.32. The summed E-state index contributed by atoms with van der Waals surface area (Å²) in [7, 11) is 2.16. The van der Waals surface area contributed by atoms with Crippen LogP contribution >= 0.6 is 11.3 Å². The molecule has 2 nitrogen and oxygen atoms in total. The van der Waals surface area contributed by atoms with E-state index in [9.17, 15) is 4.39 Å². The van der Waals surface area contributed by atoms with Crippen molar-refractivity contribution in [2.45, 2.75) is 6.54 Å². The van der Waals surface area contributed by atoms with Crippen molar-refractivity contribution in [3.63, 3.8) is 0 Å². The summed E-state index contributed by atoms with van der Waals surface area (Å²) in [5.41, 5.74) is 1.26. The molecule has 0 amide bonds. The molecule has 1 aliphatic heterocycles. The van der Waals surface area contributed by atoms with Gasteiger partial charge in [-0.05, 0) is 29.4 Å². The number of thiophene rings is 1. The first-order valence-electron chi connectivity index (χ1n) is 6.29.